The average Bonchev–Trinajstić information content (AvgIpc) is 2.39. The molecule has 4 heteroatoms. The summed E-state index contributed by atoms with van der Waals surface area (Å²) in [5, 5.41) is 14.2. The molecule has 0 radical (unpaired) electrons. The van der Waals surface area contributed by atoms with Crippen LogP contribution in [0, 0.1) is 5.92 Å². The van der Waals surface area contributed by atoms with E-state index in [2.05, 4.69) is 5.32 Å². The zero-order valence-corrected chi connectivity index (χ0v) is 11.8. The Morgan fingerprint density at radius 1 is 1.20 bits per heavy atom. The molecule has 4 N–H and O–H groups in total. The molecule has 0 aromatic heterocycles. The first-order chi connectivity index (χ1) is 9.49. The third-order valence-corrected chi connectivity index (χ3v) is 3.22. The first kappa shape index (κ1) is 14.3. The number of hydrogen-bond acceptors (Lipinski definition) is 3. The van der Waals surface area contributed by atoms with Crippen LogP contribution in [0.4, 0.5) is 5.69 Å². The predicted octanol–water partition coefficient (Wildman–Crippen LogP) is 2.86. The monoisotopic (exact) mass is 272 g/mol. The second-order valence-corrected chi connectivity index (χ2v) is 5.40. The van der Waals surface area contributed by atoms with Crippen LogP contribution in [0.3, 0.4) is 0 Å². The van der Waals surface area contributed by atoms with Gasteiger partial charge in [0.2, 0.25) is 5.91 Å². The van der Waals surface area contributed by atoms with Crippen molar-refractivity contribution in [1.29, 1.82) is 0 Å². The van der Waals surface area contributed by atoms with Crippen molar-refractivity contribution < 1.29 is 9.90 Å². The van der Waals surface area contributed by atoms with Crippen LogP contribution >= 0.6 is 0 Å². The van der Waals surface area contributed by atoms with Gasteiger partial charge in [-0.3, -0.25) is 4.79 Å². The van der Waals surface area contributed by atoms with E-state index in [1.807, 2.05) is 32.0 Å². The minimum absolute atomic E-state index is 0.199. The van der Waals surface area contributed by atoms with E-state index in [1.54, 1.807) is 18.2 Å². The molecule has 0 heterocycles. The lowest BCUT2D eigenvalue weighted by atomic mass is 10.0. The Balaban J connectivity index is 2.26. The molecule has 0 saturated carbocycles. The molecule has 1 amide bonds. The quantitative estimate of drug-likeness (QED) is 0.801. The summed E-state index contributed by atoms with van der Waals surface area (Å²) in [5.41, 5.74) is 6.55. The Morgan fingerprint density at radius 2 is 1.85 bits per heavy atom. The Labute approximate surface area is 118 Å². The van der Waals surface area contributed by atoms with Crippen LogP contribution in [0.5, 0.6) is 5.75 Å². The molecule has 106 valence electrons. The molecule has 1 unspecified atom stereocenters. The molecule has 20 heavy (non-hydrogen) atoms. The van der Waals surface area contributed by atoms with Gasteiger partial charge < -0.3 is 16.2 Å². The maximum atomic E-state index is 12.1. The van der Waals surface area contributed by atoms with Crippen LogP contribution in [0.25, 0.3) is 10.8 Å². The molecule has 2 aromatic rings. The minimum atomic E-state index is -0.525. The van der Waals surface area contributed by atoms with E-state index in [0.717, 1.165) is 5.39 Å². The van der Waals surface area contributed by atoms with Crippen LogP contribution in [0.15, 0.2) is 36.4 Å². The van der Waals surface area contributed by atoms with E-state index in [4.69, 9.17) is 5.73 Å². The number of carbonyl (C=O) groups excluding carboxylic acids is 1. The maximum Gasteiger partial charge on any atom is 0.241 e. The van der Waals surface area contributed by atoms with Gasteiger partial charge in [0.05, 0.1) is 6.04 Å². The summed E-state index contributed by atoms with van der Waals surface area (Å²) in [4.78, 5) is 12.1. The van der Waals surface area contributed by atoms with Crippen molar-refractivity contribution in [3.05, 3.63) is 36.4 Å². The first-order valence-corrected chi connectivity index (χ1v) is 6.76. The van der Waals surface area contributed by atoms with Gasteiger partial charge in [-0.05, 0) is 24.5 Å². The lowest BCUT2D eigenvalue weighted by Crippen LogP contribution is -2.36. The van der Waals surface area contributed by atoms with E-state index in [-0.39, 0.29) is 11.7 Å². The molecule has 0 saturated heterocycles. The van der Waals surface area contributed by atoms with Gasteiger partial charge in [0.15, 0.2) is 0 Å². The number of benzene rings is 2. The number of nitrogens with two attached hydrogens (primary N) is 1. The van der Waals surface area contributed by atoms with Crippen molar-refractivity contribution in [2.45, 2.75) is 26.3 Å². The number of rotatable bonds is 4. The third kappa shape index (κ3) is 3.08. The lowest BCUT2D eigenvalue weighted by molar-refractivity contribution is -0.117. The topological polar surface area (TPSA) is 75.4 Å². The van der Waals surface area contributed by atoms with E-state index >= 15 is 0 Å². The highest BCUT2D eigenvalue weighted by Gasteiger charge is 2.16. The summed E-state index contributed by atoms with van der Waals surface area (Å²) < 4.78 is 0. The number of amides is 1. The van der Waals surface area contributed by atoms with Crippen LogP contribution in [-0.4, -0.2) is 17.1 Å². The molecule has 0 bridgehead atoms. The van der Waals surface area contributed by atoms with Crippen molar-refractivity contribution in [3.8, 4) is 5.75 Å². The number of aromatic hydroxyl groups is 1. The van der Waals surface area contributed by atoms with Crippen molar-refractivity contribution in [2.24, 2.45) is 11.7 Å². The predicted molar refractivity (Wildman–Crippen MR) is 81.7 cm³/mol. The average molecular weight is 272 g/mol. The van der Waals surface area contributed by atoms with Gasteiger partial charge in [0.1, 0.15) is 5.75 Å². The number of hydrogen-bond donors (Lipinski definition) is 3. The molecule has 2 aromatic carbocycles. The lowest BCUT2D eigenvalue weighted by Gasteiger charge is -2.15. The van der Waals surface area contributed by atoms with Gasteiger partial charge in [0.25, 0.3) is 0 Å². The first-order valence-electron chi connectivity index (χ1n) is 6.76. The fourth-order valence-corrected chi connectivity index (χ4v) is 2.24. The van der Waals surface area contributed by atoms with E-state index in [0.29, 0.717) is 23.4 Å². The summed E-state index contributed by atoms with van der Waals surface area (Å²) in [6.45, 7) is 4.06. The molecule has 2 rings (SSSR count). The Hall–Kier alpha value is -2.07. The fraction of sp³-hybridized carbons (Fsp3) is 0.312. The number of nitrogens with one attached hydrogen (secondary N) is 1. The number of phenols is 1. The molecule has 0 aliphatic carbocycles. The van der Waals surface area contributed by atoms with Gasteiger partial charge in [-0.2, -0.15) is 0 Å². The van der Waals surface area contributed by atoms with Crippen molar-refractivity contribution in [3.63, 3.8) is 0 Å². The fourth-order valence-electron chi connectivity index (χ4n) is 2.24. The highest BCUT2D eigenvalue weighted by atomic mass is 16.3. The van der Waals surface area contributed by atoms with Crippen molar-refractivity contribution >= 4 is 22.4 Å². The van der Waals surface area contributed by atoms with Gasteiger partial charge in [0, 0.05) is 16.5 Å². The Bertz CT molecular complexity index is 623. The number of anilines is 1. The smallest absolute Gasteiger partial charge is 0.241 e. The molecule has 0 aliphatic rings. The second-order valence-electron chi connectivity index (χ2n) is 5.40. The van der Waals surface area contributed by atoms with Crippen LogP contribution in [-0.2, 0) is 4.79 Å². The maximum absolute atomic E-state index is 12.1. The van der Waals surface area contributed by atoms with E-state index < -0.39 is 6.04 Å². The van der Waals surface area contributed by atoms with Crippen molar-refractivity contribution in [1.82, 2.24) is 0 Å². The molecule has 0 spiro atoms. The van der Waals surface area contributed by atoms with Crippen molar-refractivity contribution in [2.75, 3.05) is 5.32 Å². The minimum Gasteiger partial charge on any atom is -0.507 e. The molecule has 0 fully saturated rings. The van der Waals surface area contributed by atoms with Gasteiger partial charge in [-0.25, -0.2) is 0 Å². The summed E-state index contributed by atoms with van der Waals surface area (Å²) in [7, 11) is 0. The van der Waals surface area contributed by atoms with Crippen LogP contribution in [0.1, 0.15) is 20.3 Å². The Kier molecular flexibility index (Phi) is 4.25. The number of fused-ring (bicyclic) bond motifs is 1. The number of phenolic OH excluding ortho intramolecular Hbond substituents is 1. The molecule has 0 aliphatic heterocycles. The highest BCUT2D eigenvalue weighted by molar-refractivity contribution is 6.05. The zero-order valence-electron chi connectivity index (χ0n) is 11.8. The summed E-state index contributed by atoms with van der Waals surface area (Å²) in [5.74, 6) is 0.368. The summed E-state index contributed by atoms with van der Waals surface area (Å²) >= 11 is 0. The van der Waals surface area contributed by atoms with Gasteiger partial charge in [-0.15, -0.1) is 0 Å². The highest BCUT2D eigenvalue weighted by Crippen LogP contribution is 2.29. The van der Waals surface area contributed by atoms with Gasteiger partial charge >= 0.3 is 0 Å². The SMILES string of the molecule is CC(C)CC(N)C(=O)Nc1cccc2c(O)cccc12. The molecular weight excluding hydrogens is 252 g/mol. The zero-order chi connectivity index (χ0) is 14.7. The van der Waals surface area contributed by atoms with E-state index in [1.165, 1.54) is 0 Å². The molecule has 1 atom stereocenters. The Morgan fingerprint density at radius 3 is 2.55 bits per heavy atom. The second kappa shape index (κ2) is 5.92. The van der Waals surface area contributed by atoms with Crippen LogP contribution in [0.2, 0.25) is 0 Å². The molecule has 4 nitrogen and oxygen atoms in total. The van der Waals surface area contributed by atoms with Gasteiger partial charge in [-0.1, -0.05) is 38.1 Å². The molecular formula is C16H20N2O2. The number of carbonyl (C=O) groups is 1. The van der Waals surface area contributed by atoms with E-state index in [9.17, 15) is 9.90 Å². The standard InChI is InChI=1S/C16H20N2O2/c1-10(2)9-13(17)16(20)18-14-7-3-6-12-11(14)5-4-8-15(12)19/h3-8,10,13,19H,9,17H2,1-2H3,(H,18,20). The third-order valence-electron chi connectivity index (χ3n) is 3.22. The van der Waals surface area contributed by atoms with Crippen LogP contribution < -0.4 is 11.1 Å². The summed E-state index contributed by atoms with van der Waals surface area (Å²) in [6.07, 6.45) is 0.641. The normalized spacial score (nSPS) is 12.6. The largest absolute Gasteiger partial charge is 0.507 e. The summed E-state index contributed by atoms with van der Waals surface area (Å²) in [6, 6.07) is 10.1.